The van der Waals surface area contributed by atoms with Gasteiger partial charge in [0.1, 0.15) is 23.8 Å². The maximum absolute atomic E-state index is 11.1. The van der Waals surface area contributed by atoms with Crippen LogP contribution in [0.5, 0.6) is 5.75 Å². The lowest BCUT2D eigenvalue weighted by molar-refractivity contribution is -0.136. The number of carboxylic acid groups (broad SMARTS) is 1. The number of carboxylic acids is 1. The fourth-order valence-electron chi connectivity index (χ4n) is 4.53. The van der Waals surface area contributed by atoms with Crippen LogP contribution in [0.3, 0.4) is 0 Å². The van der Waals surface area contributed by atoms with Gasteiger partial charge in [0, 0.05) is 21.1 Å². The molecule has 0 saturated heterocycles. The summed E-state index contributed by atoms with van der Waals surface area (Å²) in [6.45, 7) is 6.37. The van der Waals surface area contributed by atoms with Gasteiger partial charge < -0.3 is 14.4 Å². The Balaban J connectivity index is 1.41. The van der Waals surface area contributed by atoms with Gasteiger partial charge in [-0.15, -0.1) is 11.3 Å². The number of hydrogen-bond acceptors (Lipinski definition) is 5. The molecule has 0 saturated carbocycles. The van der Waals surface area contributed by atoms with Gasteiger partial charge in [-0.1, -0.05) is 66.5 Å². The number of hydrogen-bond donors (Lipinski definition) is 1. The molecule has 0 aliphatic rings. The fourth-order valence-corrected chi connectivity index (χ4v) is 6.20. The summed E-state index contributed by atoms with van der Waals surface area (Å²) < 4.78 is 13.0. The molecule has 0 bridgehead atoms. The Hall–Kier alpha value is -3.32. The predicted molar refractivity (Wildman–Crippen MR) is 154 cm³/mol. The molecule has 0 atom stereocenters. The molecule has 0 aliphatic carbocycles. The Morgan fingerprint density at radius 1 is 1.08 bits per heavy atom. The first kappa shape index (κ1) is 26.3. The van der Waals surface area contributed by atoms with E-state index in [1.165, 1.54) is 11.3 Å². The number of rotatable bonds is 8. The highest BCUT2D eigenvalue weighted by Crippen LogP contribution is 2.39. The van der Waals surface area contributed by atoms with Crippen molar-refractivity contribution in [3.8, 4) is 28.1 Å². The second-order valence-electron chi connectivity index (χ2n) is 9.43. The first-order valence-corrected chi connectivity index (χ1v) is 13.7. The third-order valence-electron chi connectivity index (χ3n) is 6.33. The molecule has 0 fully saturated rings. The maximum atomic E-state index is 11.1. The van der Waals surface area contributed by atoms with Crippen molar-refractivity contribution in [2.24, 2.45) is 0 Å². The molecule has 3 aromatic carbocycles. The van der Waals surface area contributed by atoms with Crippen LogP contribution in [0.4, 0.5) is 0 Å². The minimum atomic E-state index is -0.822. The third kappa shape index (κ3) is 5.30. The summed E-state index contributed by atoms with van der Waals surface area (Å²) in [4.78, 5) is 11.9. The molecule has 5 nitrogen and oxygen atoms in total. The molecule has 0 radical (unpaired) electrons. The highest BCUT2D eigenvalue weighted by atomic mass is 35.5. The van der Waals surface area contributed by atoms with Gasteiger partial charge in [-0.2, -0.15) is 0 Å². The molecule has 5 aromatic rings. The van der Waals surface area contributed by atoms with Crippen LogP contribution in [-0.2, 0) is 17.8 Å². The number of ether oxygens (including phenoxy) is 1. The monoisotopic (exact) mass is 565 g/mol. The van der Waals surface area contributed by atoms with E-state index in [4.69, 9.17) is 37.6 Å². The van der Waals surface area contributed by atoms with Crippen molar-refractivity contribution in [2.75, 3.05) is 0 Å². The summed E-state index contributed by atoms with van der Waals surface area (Å²) in [6.07, 6.45) is 0.0366. The summed E-state index contributed by atoms with van der Waals surface area (Å²) in [7, 11) is 0. The van der Waals surface area contributed by atoms with Gasteiger partial charge in [-0.3, -0.25) is 4.79 Å². The number of aliphatic carboxylic acids is 1. The lowest BCUT2D eigenvalue weighted by Gasteiger charge is -2.13. The van der Waals surface area contributed by atoms with E-state index in [1.807, 2.05) is 51.1 Å². The molecule has 0 spiro atoms. The number of benzene rings is 3. The minimum absolute atomic E-state index is 0.0366. The summed E-state index contributed by atoms with van der Waals surface area (Å²) >= 11 is 14.4. The predicted octanol–water partition coefficient (Wildman–Crippen LogP) is 9.17. The Morgan fingerprint density at radius 2 is 1.84 bits per heavy atom. The van der Waals surface area contributed by atoms with Crippen LogP contribution in [-0.4, -0.2) is 16.2 Å². The summed E-state index contributed by atoms with van der Waals surface area (Å²) in [6, 6.07) is 19.5. The van der Waals surface area contributed by atoms with Gasteiger partial charge >= 0.3 is 5.97 Å². The van der Waals surface area contributed by atoms with Gasteiger partial charge in [-0.25, -0.2) is 0 Å². The van der Waals surface area contributed by atoms with E-state index in [0.29, 0.717) is 21.3 Å². The zero-order chi connectivity index (χ0) is 27.0. The average molecular weight is 567 g/mol. The topological polar surface area (TPSA) is 72.6 Å². The molecule has 38 heavy (non-hydrogen) atoms. The van der Waals surface area contributed by atoms with Gasteiger partial charge in [0.15, 0.2) is 0 Å². The number of aryl methyl sites for hydroxylation is 1. The average Bonchev–Trinajstić information content (AvgIpc) is 3.45. The van der Waals surface area contributed by atoms with E-state index in [-0.39, 0.29) is 18.9 Å². The maximum Gasteiger partial charge on any atom is 0.308 e. The van der Waals surface area contributed by atoms with Crippen molar-refractivity contribution in [1.29, 1.82) is 0 Å². The lowest BCUT2D eigenvalue weighted by Crippen LogP contribution is -2.01. The number of nitrogens with zero attached hydrogens (tertiary/aromatic N) is 1. The molecular formula is C30H25Cl2NO4S. The first-order chi connectivity index (χ1) is 18.2. The SMILES string of the molecule is Cc1cc(OCc2c(-c3c(Cl)cccc3Cl)noc2C(C)C)ccc1-c1ccc2cc(CC(=O)O)sc2c1. The van der Waals surface area contributed by atoms with Crippen LogP contribution in [0.2, 0.25) is 10.0 Å². The molecule has 0 unspecified atom stereocenters. The smallest absolute Gasteiger partial charge is 0.308 e. The lowest BCUT2D eigenvalue weighted by atomic mass is 9.99. The van der Waals surface area contributed by atoms with Crippen LogP contribution in [0, 0.1) is 6.92 Å². The van der Waals surface area contributed by atoms with Gasteiger partial charge in [-0.05, 0) is 65.4 Å². The molecule has 1 N–H and O–H groups in total. The van der Waals surface area contributed by atoms with E-state index in [0.717, 1.165) is 48.7 Å². The van der Waals surface area contributed by atoms with Crippen molar-refractivity contribution < 1.29 is 19.2 Å². The zero-order valence-corrected chi connectivity index (χ0v) is 23.4. The van der Waals surface area contributed by atoms with Crippen LogP contribution in [0.25, 0.3) is 32.5 Å². The molecule has 0 amide bonds. The fraction of sp³-hybridized carbons (Fsp3) is 0.200. The minimum Gasteiger partial charge on any atom is -0.489 e. The molecule has 2 heterocycles. The highest BCUT2D eigenvalue weighted by Gasteiger charge is 2.24. The van der Waals surface area contributed by atoms with Gasteiger partial charge in [0.05, 0.1) is 22.0 Å². The standard InChI is InChI=1S/C30H25Cl2NO4S/c1-16(2)30-23(29(33-37-30)28-24(31)5-4-6-25(28)32)15-36-20-9-10-22(17(3)11-20)18-7-8-19-12-21(14-27(34)35)38-26(19)13-18/h4-13,16H,14-15H2,1-3H3,(H,34,35). The van der Waals surface area contributed by atoms with Crippen LogP contribution >= 0.6 is 34.5 Å². The van der Waals surface area contributed by atoms with E-state index in [9.17, 15) is 4.79 Å². The van der Waals surface area contributed by atoms with Crippen molar-refractivity contribution >= 4 is 50.6 Å². The van der Waals surface area contributed by atoms with Crippen molar-refractivity contribution in [2.45, 2.75) is 39.7 Å². The number of halogens is 2. The second kappa shape index (κ2) is 10.8. The largest absolute Gasteiger partial charge is 0.489 e. The third-order valence-corrected chi connectivity index (χ3v) is 8.06. The zero-order valence-electron chi connectivity index (χ0n) is 21.0. The Bertz CT molecular complexity index is 1630. The van der Waals surface area contributed by atoms with Crippen LogP contribution in [0.1, 0.15) is 41.5 Å². The number of carbonyl (C=O) groups is 1. The van der Waals surface area contributed by atoms with Crippen LogP contribution in [0.15, 0.2) is 65.2 Å². The van der Waals surface area contributed by atoms with E-state index in [1.54, 1.807) is 18.2 Å². The Kier molecular flexibility index (Phi) is 7.48. The van der Waals surface area contributed by atoms with Gasteiger partial charge in [0.25, 0.3) is 0 Å². The molecule has 8 heteroatoms. The summed E-state index contributed by atoms with van der Waals surface area (Å²) in [5.41, 5.74) is 5.26. The number of thiophene rings is 1. The Labute approximate surface area is 234 Å². The summed E-state index contributed by atoms with van der Waals surface area (Å²) in [5.74, 6) is 0.732. The quantitative estimate of drug-likeness (QED) is 0.203. The van der Waals surface area contributed by atoms with Crippen molar-refractivity contribution in [1.82, 2.24) is 5.16 Å². The molecular weight excluding hydrogens is 541 g/mol. The van der Waals surface area contributed by atoms with Crippen molar-refractivity contribution in [3.63, 3.8) is 0 Å². The number of aromatic nitrogens is 1. The number of fused-ring (bicyclic) bond motifs is 1. The first-order valence-electron chi connectivity index (χ1n) is 12.1. The normalized spacial score (nSPS) is 11.4. The van der Waals surface area contributed by atoms with Crippen molar-refractivity contribution in [3.05, 3.63) is 92.5 Å². The van der Waals surface area contributed by atoms with E-state index < -0.39 is 5.97 Å². The molecule has 5 rings (SSSR count). The molecule has 194 valence electrons. The molecule has 0 aliphatic heterocycles. The second-order valence-corrected chi connectivity index (χ2v) is 11.4. The van der Waals surface area contributed by atoms with E-state index in [2.05, 4.69) is 17.3 Å². The van der Waals surface area contributed by atoms with E-state index >= 15 is 0 Å². The highest BCUT2D eigenvalue weighted by molar-refractivity contribution is 7.19. The van der Waals surface area contributed by atoms with Gasteiger partial charge in [0.2, 0.25) is 0 Å². The van der Waals surface area contributed by atoms with Crippen LogP contribution < -0.4 is 4.74 Å². The molecule has 2 aromatic heterocycles. The summed E-state index contributed by atoms with van der Waals surface area (Å²) in [5, 5.41) is 15.5. The Morgan fingerprint density at radius 3 is 2.53 bits per heavy atom.